The van der Waals surface area contributed by atoms with Crippen molar-refractivity contribution in [2.24, 2.45) is 5.92 Å². The number of nitrogens with zero attached hydrogens (tertiary/aromatic N) is 1. The summed E-state index contributed by atoms with van der Waals surface area (Å²) in [5.74, 6) is 0.919. The Balaban J connectivity index is 1.89. The number of carbonyl (C=O) groups excluding carboxylic acids is 1. The van der Waals surface area contributed by atoms with Gasteiger partial charge in [-0.25, -0.2) is 4.98 Å². The Bertz CT molecular complexity index is 378. The Morgan fingerprint density at radius 3 is 3.19 bits per heavy atom. The van der Waals surface area contributed by atoms with Crippen molar-refractivity contribution in [2.75, 3.05) is 12.3 Å². The SMILES string of the molecule is Nc1cc(CC[C@@H]2CCCNC2=O)ccn1. The van der Waals surface area contributed by atoms with E-state index in [1.54, 1.807) is 6.20 Å². The lowest BCUT2D eigenvalue weighted by Crippen LogP contribution is -2.36. The van der Waals surface area contributed by atoms with Crippen LogP contribution in [0.5, 0.6) is 0 Å². The van der Waals surface area contributed by atoms with E-state index >= 15 is 0 Å². The lowest BCUT2D eigenvalue weighted by atomic mass is 9.92. The second kappa shape index (κ2) is 4.96. The number of hydrogen-bond donors (Lipinski definition) is 2. The van der Waals surface area contributed by atoms with Crippen molar-refractivity contribution < 1.29 is 4.79 Å². The lowest BCUT2D eigenvalue weighted by molar-refractivity contribution is -0.126. The third kappa shape index (κ3) is 2.72. The number of pyridine rings is 1. The van der Waals surface area contributed by atoms with Crippen molar-refractivity contribution in [1.82, 2.24) is 10.3 Å². The summed E-state index contributed by atoms with van der Waals surface area (Å²) in [5, 5.41) is 2.90. The van der Waals surface area contributed by atoms with Crippen molar-refractivity contribution in [3.63, 3.8) is 0 Å². The molecule has 1 fully saturated rings. The van der Waals surface area contributed by atoms with Gasteiger partial charge in [-0.2, -0.15) is 0 Å². The van der Waals surface area contributed by atoms with Gasteiger partial charge < -0.3 is 11.1 Å². The highest BCUT2D eigenvalue weighted by Gasteiger charge is 2.21. The Labute approximate surface area is 95.3 Å². The normalized spacial score (nSPS) is 20.5. The molecule has 0 bridgehead atoms. The van der Waals surface area contributed by atoms with Gasteiger partial charge in [-0.1, -0.05) is 0 Å². The molecule has 1 atom stereocenters. The van der Waals surface area contributed by atoms with Gasteiger partial charge in [-0.05, 0) is 43.4 Å². The third-order valence-electron chi connectivity index (χ3n) is 3.03. The number of nitrogen functional groups attached to an aromatic ring is 1. The molecule has 2 heterocycles. The molecule has 1 aromatic rings. The van der Waals surface area contributed by atoms with Gasteiger partial charge in [-0.3, -0.25) is 4.79 Å². The zero-order chi connectivity index (χ0) is 11.4. The second-order valence-electron chi connectivity index (χ2n) is 4.26. The molecule has 0 radical (unpaired) electrons. The van der Waals surface area contributed by atoms with Gasteiger partial charge in [0.05, 0.1) is 0 Å². The number of amides is 1. The molecule has 1 aliphatic heterocycles. The van der Waals surface area contributed by atoms with Crippen LogP contribution in [0.25, 0.3) is 0 Å². The smallest absolute Gasteiger partial charge is 0.223 e. The number of carbonyl (C=O) groups is 1. The highest BCUT2D eigenvalue weighted by molar-refractivity contribution is 5.79. The molecular formula is C12H17N3O. The predicted molar refractivity (Wildman–Crippen MR) is 62.7 cm³/mol. The van der Waals surface area contributed by atoms with E-state index in [1.165, 1.54) is 0 Å². The first-order valence-electron chi connectivity index (χ1n) is 5.74. The Hall–Kier alpha value is -1.58. The van der Waals surface area contributed by atoms with Crippen LogP contribution < -0.4 is 11.1 Å². The molecule has 0 unspecified atom stereocenters. The van der Waals surface area contributed by atoms with E-state index in [0.29, 0.717) is 5.82 Å². The fraction of sp³-hybridized carbons (Fsp3) is 0.500. The van der Waals surface area contributed by atoms with Crippen LogP contribution in [0.15, 0.2) is 18.3 Å². The highest BCUT2D eigenvalue weighted by atomic mass is 16.1. The molecular weight excluding hydrogens is 202 g/mol. The van der Waals surface area contributed by atoms with Gasteiger partial charge in [-0.15, -0.1) is 0 Å². The first-order chi connectivity index (χ1) is 7.75. The third-order valence-corrected chi connectivity index (χ3v) is 3.03. The molecule has 1 saturated heterocycles. The fourth-order valence-electron chi connectivity index (χ4n) is 2.10. The standard InChI is InChI=1S/C12H17N3O/c13-11-8-9(5-7-14-11)3-4-10-2-1-6-15-12(10)16/h5,7-8,10H,1-4,6H2,(H2,13,14)(H,15,16)/t10-/m0/s1. The summed E-state index contributed by atoms with van der Waals surface area (Å²) in [6, 6.07) is 3.83. The summed E-state index contributed by atoms with van der Waals surface area (Å²) in [4.78, 5) is 15.5. The minimum absolute atomic E-state index is 0.170. The highest BCUT2D eigenvalue weighted by Crippen LogP contribution is 2.18. The van der Waals surface area contributed by atoms with Crippen LogP contribution in [0.4, 0.5) is 5.82 Å². The summed E-state index contributed by atoms with van der Waals surface area (Å²) in [5.41, 5.74) is 6.76. The van der Waals surface area contributed by atoms with Crippen molar-refractivity contribution in [3.8, 4) is 0 Å². The average molecular weight is 219 g/mol. The van der Waals surface area contributed by atoms with Gasteiger partial charge in [0.2, 0.25) is 5.91 Å². The molecule has 1 aliphatic rings. The second-order valence-corrected chi connectivity index (χ2v) is 4.26. The molecule has 3 N–H and O–H groups in total. The maximum atomic E-state index is 11.5. The summed E-state index contributed by atoms with van der Waals surface area (Å²) in [6.45, 7) is 0.831. The van der Waals surface area contributed by atoms with Gasteiger partial charge >= 0.3 is 0 Å². The summed E-state index contributed by atoms with van der Waals surface area (Å²) < 4.78 is 0. The average Bonchev–Trinajstić information content (AvgIpc) is 2.28. The number of hydrogen-bond acceptors (Lipinski definition) is 3. The van der Waals surface area contributed by atoms with E-state index in [0.717, 1.165) is 37.8 Å². The maximum Gasteiger partial charge on any atom is 0.223 e. The Morgan fingerprint density at radius 2 is 2.44 bits per heavy atom. The quantitative estimate of drug-likeness (QED) is 0.800. The van der Waals surface area contributed by atoms with Gasteiger partial charge in [0.1, 0.15) is 5.82 Å². The maximum absolute atomic E-state index is 11.5. The fourth-order valence-corrected chi connectivity index (χ4v) is 2.10. The van der Waals surface area contributed by atoms with E-state index in [2.05, 4.69) is 10.3 Å². The molecule has 2 rings (SSSR count). The number of nitrogens with one attached hydrogen (secondary N) is 1. The Kier molecular flexibility index (Phi) is 3.39. The zero-order valence-corrected chi connectivity index (χ0v) is 9.28. The number of aryl methyl sites for hydroxylation is 1. The van der Waals surface area contributed by atoms with E-state index < -0.39 is 0 Å². The molecule has 0 saturated carbocycles. The Morgan fingerprint density at radius 1 is 1.56 bits per heavy atom. The van der Waals surface area contributed by atoms with E-state index in [4.69, 9.17) is 5.73 Å². The molecule has 0 aromatic carbocycles. The topological polar surface area (TPSA) is 68.0 Å². The molecule has 0 aliphatic carbocycles. The molecule has 0 spiro atoms. The molecule has 86 valence electrons. The van der Waals surface area contributed by atoms with Crippen molar-refractivity contribution >= 4 is 11.7 Å². The number of aromatic nitrogens is 1. The van der Waals surface area contributed by atoms with Crippen LogP contribution >= 0.6 is 0 Å². The lowest BCUT2D eigenvalue weighted by Gasteiger charge is -2.21. The number of anilines is 1. The minimum atomic E-state index is 0.170. The van der Waals surface area contributed by atoms with Crippen molar-refractivity contribution in [3.05, 3.63) is 23.9 Å². The minimum Gasteiger partial charge on any atom is -0.384 e. The summed E-state index contributed by atoms with van der Waals surface area (Å²) >= 11 is 0. The van der Waals surface area contributed by atoms with Crippen LogP contribution in [-0.4, -0.2) is 17.4 Å². The van der Waals surface area contributed by atoms with Crippen molar-refractivity contribution in [1.29, 1.82) is 0 Å². The van der Waals surface area contributed by atoms with Crippen LogP contribution in [-0.2, 0) is 11.2 Å². The first-order valence-corrected chi connectivity index (χ1v) is 5.74. The van der Waals surface area contributed by atoms with Crippen LogP contribution in [0, 0.1) is 5.92 Å². The van der Waals surface area contributed by atoms with Gasteiger partial charge in [0.25, 0.3) is 0 Å². The summed E-state index contributed by atoms with van der Waals surface area (Å²) in [7, 11) is 0. The molecule has 4 nitrogen and oxygen atoms in total. The van der Waals surface area contributed by atoms with Gasteiger partial charge in [0, 0.05) is 18.7 Å². The number of rotatable bonds is 3. The predicted octanol–water partition coefficient (Wildman–Crippen LogP) is 1.12. The summed E-state index contributed by atoms with van der Waals surface area (Å²) in [6.07, 6.45) is 5.60. The number of nitrogens with two attached hydrogens (primary N) is 1. The van der Waals surface area contributed by atoms with Crippen LogP contribution in [0.3, 0.4) is 0 Å². The molecule has 1 aromatic heterocycles. The van der Waals surface area contributed by atoms with E-state index in [9.17, 15) is 4.79 Å². The van der Waals surface area contributed by atoms with Crippen molar-refractivity contribution in [2.45, 2.75) is 25.7 Å². The molecule has 16 heavy (non-hydrogen) atoms. The van der Waals surface area contributed by atoms with Crippen LogP contribution in [0.2, 0.25) is 0 Å². The van der Waals surface area contributed by atoms with E-state index in [-0.39, 0.29) is 11.8 Å². The zero-order valence-electron chi connectivity index (χ0n) is 9.28. The number of piperidine rings is 1. The van der Waals surface area contributed by atoms with Crippen LogP contribution in [0.1, 0.15) is 24.8 Å². The molecule has 4 heteroatoms. The van der Waals surface area contributed by atoms with E-state index in [1.807, 2.05) is 12.1 Å². The monoisotopic (exact) mass is 219 g/mol. The molecule has 1 amide bonds. The van der Waals surface area contributed by atoms with Gasteiger partial charge in [0.15, 0.2) is 0 Å². The first kappa shape index (κ1) is 10.9. The largest absolute Gasteiger partial charge is 0.384 e.